The minimum absolute atomic E-state index is 0.954. The highest BCUT2D eigenvalue weighted by atomic mass is 32.2. The van der Waals surface area contributed by atoms with Gasteiger partial charge in [0.25, 0.3) is 0 Å². The van der Waals surface area contributed by atoms with Gasteiger partial charge in [-0.15, -0.1) is 0 Å². The van der Waals surface area contributed by atoms with Gasteiger partial charge in [0.05, 0.1) is 0 Å². The number of thiocarbonyl (C=S) groups is 1. The van der Waals surface area contributed by atoms with Crippen LogP contribution < -0.4 is 11.1 Å². The molecule has 1 fully saturated rings. The molecular formula is C4H8N2O2S2. The molecule has 1 aliphatic rings. The van der Waals surface area contributed by atoms with Gasteiger partial charge in [-0.2, -0.15) is 0 Å². The van der Waals surface area contributed by atoms with E-state index < -0.39 is 6.09 Å². The van der Waals surface area contributed by atoms with Gasteiger partial charge in [-0.25, -0.2) is 4.79 Å². The number of carboxylic acid groups (broad SMARTS) is 1. The maximum Gasteiger partial charge on any atom is 0.402 e. The molecule has 0 aliphatic carbocycles. The second kappa shape index (κ2) is 5.31. The number of nitrogens with one attached hydrogen (secondary N) is 1. The summed E-state index contributed by atoms with van der Waals surface area (Å²) in [6.45, 7) is 1.06. The number of amides is 1. The Morgan fingerprint density at radius 2 is 2.40 bits per heavy atom. The quantitative estimate of drug-likeness (QED) is 0.465. The van der Waals surface area contributed by atoms with Crippen molar-refractivity contribution < 1.29 is 9.90 Å². The van der Waals surface area contributed by atoms with Crippen molar-refractivity contribution in [1.29, 1.82) is 0 Å². The summed E-state index contributed by atoms with van der Waals surface area (Å²) in [4.78, 5) is 8.78. The van der Waals surface area contributed by atoms with Crippen molar-refractivity contribution >= 4 is 34.4 Å². The van der Waals surface area contributed by atoms with Crippen molar-refractivity contribution in [2.24, 2.45) is 5.73 Å². The number of hydrogen-bond donors (Lipinski definition) is 3. The van der Waals surface area contributed by atoms with Crippen molar-refractivity contribution in [3.8, 4) is 0 Å². The predicted molar refractivity (Wildman–Crippen MR) is 45.3 cm³/mol. The molecule has 1 aliphatic heterocycles. The summed E-state index contributed by atoms with van der Waals surface area (Å²) in [5.41, 5.74) is 4.03. The predicted octanol–water partition coefficient (Wildman–Crippen LogP) is 0.231. The summed E-state index contributed by atoms with van der Waals surface area (Å²) in [6, 6.07) is 0. The maximum atomic E-state index is 8.78. The van der Waals surface area contributed by atoms with Gasteiger partial charge < -0.3 is 16.2 Å². The zero-order valence-corrected chi connectivity index (χ0v) is 6.80. The summed E-state index contributed by atoms with van der Waals surface area (Å²) in [5, 5.41) is 10.2. The second-order valence-corrected chi connectivity index (χ2v) is 3.17. The minimum atomic E-state index is -1.33. The molecule has 1 rings (SSSR count). The number of carbonyl (C=O) groups is 1. The van der Waals surface area contributed by atoms with Gasteiger partial charge in [0.1, 0.15) is 4.32 Å². The number of nitrogens with two attached hydrogens (primary N) is 1. The van der Waals surface area contributed by atoms with Crippen LogP contribution in [0.25, 0.3) is 0 Å². The number of rotatable bonds is 0. The third kappa shape index (κ3) is 7.51. The Bertz CT molecular complexity index is 127. The lowest BCUT2D eigenvalue weighted by Crippen LogP contribution is -2.09. The fourth-order valence-electron chi connectivity index (χ4n) is 0.348. The molecule has 58 valence electrons. The molecule has 0 radical (unpaired) electrons. The average Bonchev–Trinajstić information content (AvgIpc) is 2.15. The van der Waals surface area contributed by atoms with E-state index in [1.165, 1.54) is 0 Å². The Morgan fingerprint density at radius 3 is 2.50 bits per heavy atom. The monoisotopic (exact) mass is 180 g/mol. The zero-order chi connectivity index (χ0) is 7.98. The first-order chi connectivity index (χ1) is 4.63. The summed E-state index contributed by atoms with van der Waals surface area (Å²) in [6.07, 6.45) is -1.33. The van der Waals surface area contributed by atoms with Crippen molar-refractivity contribution in [2.45, 2.75) is 0 Å². The molecule has 0 bridgehead atoms. The van der Waals surface area contributed by atoms with Gasteiger partial charge in [0.15, 0.2) is 0 Å². The fraction of sp³-hybridized carbons (Fsp3) is 0.500. The molecule has 1 saturated heterocycles. The van der Waals surface area contributed by atoms with E-state index in [0.717, 1.165) is 16.6 Å². The van der Waals surface area contributed by atoms with E-state index in [2.05, 4.69) is 11.1 Å². The van der Waals surface area contributed by atoms with Crippen LogP contribution in [0.2, 0.25) is 0 Å². The van der Waals surface area contributed by atoms with Crippen LogP contribution in [0.3, 0.4) is 0 Å². The van der Waals surface area contributed by atoms with Crippen molar-refractivity contribution in [3.63, 3.8) is 0 Å². The lowest BCUT2D eigenvalue weighted by molar-refractivity contribution is 0.205. The molecule has 6 heteroatoms. The third-order valence-corrected chi connectivity index (χ3v) is 1.92. The van der Waals surface area contributed by atoms with Gasteiger partial charge >= 0.3 is 6.09 Å². The van der Waals surface area contributed by atoms with Crippen LogP contribution in [0.4, 0.5) is 4.79 Å². The highest BCUT2D eigenvalue weighted by Crippen LogP contribution is 2.05. The SMILES string of the molecule is NC(=O)O.S=C1NCCS1. The van der Waals surface area contributed by atoms with Crippen LogP contribution in [0.15, 0.2) is 0 Å². The largest absolute Gasteiger partial charge is 0.465 e. The Balaban J connectivity index is 0.000000180. The molecule has 0 aromatic heterocycles. The Hall–Kier alpha value is -0.490. The molecular weight excluding hydrogens is 172 g/mol. The molecule has 0 spiro atoms. The third-order valence-electron chi connectivity index (χ3n) is 0.605. The van der Waals surface area contributed by atoms with Crippen molar-refractivity contribution in [2.75, 3.05) is 12.3 Å². The topological polar surface area (TPSA) is 75.4 Å². The van der Waals surface area contributed by atoms with Crippen LogP contribution in [0.5, 0.6) is 0 Å². The maximum absolute atomic E-state index is 8.78. The smallest absolute Gasteiger partial charge is 0.402 e. The summed E-state index contributed by atoms with van der Waals surface area (Å²) >= 11 is 6.49. The number of hydrogen-bond acceptors (Lipinski definition) is 3. The zero-order valence-electron chi connectivity index (χ0n) is 5.16. The fourth-order valence-corrected chi connectivity index (χ4v) is 1.29. The van der Waals surface area contributed by atoms with E-state index >= 15 is 0 Å². The van der Waals surface area contributed by atoms with Crippen LogP contribution in [-0.2, 0) is 0 Å². The Morgan fingerprint density at radius 1 is 1.90 bits per heavy atom. The number of primary amides is 1. The van der Waals surface area contributed by atoms with Crippen LogP contribution >= 0.6 is 24.0 Å². The van der Waals surface area contributed by atoms with E-state index in [4.69, 9.17) is 22.1 Å². The van der Waals surface area contributed by atoms with Gasteiger partial charge in [-0.3, -0.25) is 0 Å². The van der Waals surface area contributed by atoms with Crippen molar-refractivity contribution in [1.82, 2.24) is 5.32 Å². The van der Waals surface area contributed by atoms with E-state index in [1.807, 2.05) is 0 Å². The van der Waals surface area contributed by atoms with Gasteiger partial charge in [-0.1, -0.05) is 24.0 Å². The molecule has 0 saturated carbocycles. The molecule has 0 unspecified atom stereocenters. The molecule has 0 aromatic carbocycles. The Labute approximate surface area is 68.2 Å². The first-order valence-electron chi connectivity index (χ1n) is 2.52. The molecule has 4 nitrogen and oxygen atoms in total. The van der Waals surface area contributed by atoms with Gasteiger partial charge in [0, 0.05) is 12.3 Å². The van der Waals surface area contributed by atoms with Gasteiger partial charge in [0.2, 0.25) is 0 Å². The van der Waals surface area contributed by atoms with E-state index in [1.54, 1.807) is 11.8 Å². The molecule has 0 atom stereocenters. The molecule has 1 amide bonds. The standard InChI is InChI=1S/C3H5NS2.CH3NO2/c5-3-4-1-2-6-3;2-1(3)4/h1-2H2,(H,4,5);2H2,(H,3,4). The van der Waals surface area contributed by atoms with Gasteiger partial charge in [-0.05, 0) is 0 Å². The van der Waals surface area contributed by atoms with Crippen LogP contribution in [0, 0.1) is 0 Å². The molecule has 1 heterocycles. The van der Waals surface area contributed by atoms with Crippen molar-refractivity contribution in [3.05, 3.63) is 0 Å². The van der Waals surface area contributed by atoms with Crippen LogP contribution in [-0.4, -0.2) is 27.8 Å². The van der Waals surface area contributed by atoms with E-state index in [-0.39, 0.29) is 0 Å². The van der Waals surface area contributed by atoms with E-state index in [0.29, 0.717) is 0 Å². The van der Waals surface area contributed by atoms with Crippen LogP contribution in [0.1, 0.15) is 0 Å². The normalized spacial score (nSPS) is 15.0. The second-order valence-electron chi connectivity index (χ2n) is 1.40. The summed E-state index contributed by atoms with van der Waals surface area (Å²) in [7, 11) is 0. The molecule has 0 aromatic rings. The summed E-state index contributed by atoms with van der Waals surface area (Å²) < 4.78 is 0.954. The first kappa shape index (κ1) is 9.51. The minimum Gasteiger partial charge on any atom is -0.465 e. The lowest BCUT2D eigenvalue weighted by atomic mass is 10.8. The molecule has 10 heavy (non-hydrogen) atoms. The molecule has 4 N–H and O–H groups in total. The number of thioether (sulfide) groups is 1. The highest BCUT2D eigenvalue weighted by Gasteiger charge is 2.01. The average molecular weight is 180 g/mol. The van der Waals surface area contributed by atoms with E-state index in [9.17, 15) is 0 Å². The Kier molecular flexibility index (Phi) is 5.05. The first-order valence-corrected chi connectivity index (χ1v) is 3.91. The lowest BCUT2D eigenvalue weighted by Gasteiger charge is -1.82. The summed E-state index contributed by atoms with van der Waals surface area (Å²) in [5.74, 6) is 1.15. The highest BCUT2D eigenvalue weighted by molar-refractivity contribution is 8.23.